The number of aliphatic hydroxyl groups excluding tert-OH is 1. The Labute approximate surface area is 141 Å². The average Bonchev–Trinajstić information content (AvgIpc) is 2.99. The van der Waals surface area contributed by atoms with Crippen LogP contribution in [0.25, 0.3) is 16.7 Å². The second-order valence-electron chi connectivity index (χ2n) is 6.03. The first-order chi connectivity index (χ1) is 11.7. The summed E-state index contributed by atoms with van der Waals surface area (Å²) in [5.74, 6) is 0.873. The SMILES string of the molecule is CCc1nc2cc(C(C)C=O)ccc2n1-c1ccc(CCO)cc1. The van der Waals surface area contributed by atoms with Crippen LogP contribution in [0.3, 0.4) is 0 Å². The molecule has 1 aromatic heterocycles. The van der Waals surface area contributed by atoms with E-state index in [0.717, 1.165) is 46.4 Å². The van der Waals surface area contributed by atoms with Gasteiger partial charge in [-0.1, -0.05) is 32.0 Å². The highest BCUT2D eigenvalue weighted by atomic mass is 16.2. The largest absolute Gasteiger partial charge is 0.396 e. The van der Waals surface area contributed by atoms with Gasteiger partial charge in [-0.15, -0.1) is 0 Å². The summed E-state index contributed by atoms with van der Waals surface area (Å²) in [5, 5.41) is 9.05. The standard InChI is InChI=1S/C20H22N2O2/c1-3-20-21-18-12-16(14(2)13-24)6-9-19(18)22(20)17-7-4-15(5-8-17)10-11-23/h4-9,12-14,23H,3,10-11H2,1-2H3. The smallest absolute Gasteiger partial charge is 0.127 e. The summed E-state index contributed by atoms with van der Waals surface area (Å²) < 4.78 is 2.16. The van der Waals surface area contributed by atoms with Crippen molar-refractivity contribution in [1.82, 2.24) is 9.55 Å². The molecule has 0 saturated heterocycles. The first-order valence-corrected chi connectivity index (χ1v) is 8.34. The molecule has 0 aliphatic rings. The Morgan fingerprint density at radius 1 is 1.21 bits per heavy atom. The predicted molar refractivity (Wildman–Crippen MR) is 95.7 cm³/mol. The molecule has 124 valence electrons. The van der Waals surface area contributed by atoms with Gasteiger partial charge in [0.2, 0.25) is 0 Å². The van der Waals surface area contributed by atoms with Crippen molar-refractivity contribution in [2.24, 2.45) is 0 Å². The van der Waals surface area contributed by atoms with E-state index in [4.69, 9.17) is 10.1 Å². The van der Waals surface area contributed by atoms with Gasteiger partial charge in [-0.3, -0.25) is 4.57 Å². The highest BCUT2D eigenvalue weighted by Gasteiger charge is 2.13. The molecule has 0 aliphatic heterocycles. The van der Waals surface area contributed by atoms with E-state index in [9.17, 15) is 4.79 Å². The highest BCUT2D eigenvalue weighted by Crippen LogP contribution is 2.25. The Hall–Kier alpha value is -2.46. The third kappa shape index (κ3) is 2.97. The third-order valence-corrected chi connectivity index (χ3v) is 4.39. The molecular weight excluding hydrogens is 300 g/mol. The molecule has 0 amide bonds. The van der Waals surface area contributed by atoms with Crippen LogP contribution >= 0.6 is 0 Å². The molecule has 1 unspecified atom stereocenters. The Balaban J connectivity index is 2.10. The zero-order valence-corrected chi connectivity index (χ0v) is 14.1. The van der Waals surface area contributed by atoms with Gasteiger partial charge in [0.25, 0.3) is 0 Å². The summed E-state index contributed by atoms with van der Waals surface area (Å²) in [7, 11) is 0. The van der Waals surface area contributed by atoms with Gasteiger partial charge in [0.1, 0.15) is 12.1 Å². The summed E-state index contributed by atoms with van der Waals surface area (Å²) in [4.78, 5) is 15.8. The summed E-state index contributed by atoms with van der Waals surface area (Å²) >= 11 is 0. The normalized spacial score (nSPS) is 12.5. The fourth-order valence-electron chi connectivity index (χ4n) is 2.98. The number of rotatable bonds is 6. The number of aldehydes is 1. The number of hydrogen-bond donors (Lipinski definition) is 1. The van der Waals surface area contributed by atoms with Crippen molar-refractivity contribution in [3.05, 3.63) is 59.4 Å². The van der Waals surface area contributed by atoms with Crippen LogP contribution in [0.5, 0.6) is 0 Å². The Bertz CT molecular complexity index is 850. The van der Waals surface area contributed by atoms with Crippen molar-refractivity contribution < 1.29 is 9.90 Å². The minimum absolute atomic E-state index is 0.123. The van der Waals surface area contributed by atoms with Crippen molar-refractivity contribution >= 4 is 17.3 Å². The van der Waals surface area contributed by atoms with Crippen LogP contribution in [0.15, 0.2) is 42.5 Å². The summed E-state index contributed by atoms with van der Waals surface area (Å²) in [5.41, 5.74) is 5.13. The van der Waals surface area contributed by atoms with Gasteiger partial charge in [-0.2, -0.15) is 0 Å². The van der Waals surface area contributed by atoms with Crippen LogP contribution < -0.4 is 0 Å². The molecule has 0 fully saturated rings. The Morgan fingerprint density at radius 2 is 1.96 bits per heavy atom. The van der Waals surface area contributed by atoms with Crippen LogP contribution in [0.1, 0.15) is 36.7 Å². The lowest BCUT2D eigenvalue weighted by atomic mass is 10.0. The molecule has 0 spiro atoms. The number of aliphatic hydroxyl groups is 1. The first-order valence-electron chi connectivity index (χ1n) is 8.34. The number of imidazole rings is 1. The maximum Gasteiger partial charge on any atom is 0.127 e. The topological polar surface area (TPSA) is 55.1 Å². The zero-order valence-electron chi connectivity index (χ0n) is 14.1. The van der Waals surface area contributed by atoms with Crippen LogP contribution in [-0.2, 0) is 17.6 Å². The van der Waals surface area contributed by atoms with Crippen LogP contribution in [0.2, 0.25) is 0 Å². The van der Waals surface area contributed by atoms with Crippen molar-refractivity contribution in [3.8, 4) is 5.69 Å². The highest BCUT2D eigenvalue weighted by molar-refractivity contribution is 5.80. The molecule has 3 aromatic rings. The molecule has 0 aliphatic carbocycles. The number of carbonyl (C=O) groups is 1. The van der Waals surface area contributed by atoms with Gasteiger partial charge >= 0.3 is 0 Å². The molecule has 0 radical (unpaired) electrons. The molecule has 4 heteroatoms. The van der Waals surface area contributed by atoms with E-state index in [-0.39, 0.29) is 12.5 Å². The van der Waals surface area contributed by atoms with E-state index in [1.807, 2.05) is 37.3 Å². The molecular formula is C20H22N2O2. The average molecular weight is 322 g/mol. The van der Waals surface area contributed by atoms with E-state index < -0.39 is 0 Å². The second-order valence-corrected chi connectivity index (χ2v) is 6.03. The van der Waals surface area contributed by atoms with Crippen LogP contribution in [0, 0.1) is 0 Å². The lowest BCUT2D eigenvalue weighted by Gasteiger charge is -2.10. The number of aromatic nitrogens is 2. The first kappa shape index (κ1) is 16.4. The van der Waals surface area contributed by atoms with Crippen molar-refractivity contribution in [2.45, 2.75) is 32.6 Å². The van der Waals surface area contributed by atoms with Crippen molar-refractivity contribution in [1.29, 1.82) is 0 Å². The maximum absolute atomic E-state index is 11.0. The van der Waals surface area contributed by atoms with E-state index in [1.165, 1.54) is 0 Å². The van der Waals surface area contributed by atoms with Gasteiger partial charge in [0.05, 0.1) is 11.0 Å². The fourth-order valence-corrected chi connectivity index (χ4v) is 2.98. The van der Waals surface area contributed by atoms with E-state index in [0.29, 0.717) is 6.42 Å². The molecule has 2 aromatic carbocycles. The molecule has 0 bridgehead atoms. The van der Waals surface area contributed by atoms with E-state index in [2.05, 4.69) is 23.6 Å². The van der Waals surface area contributed by atoms with Crippen LogP contribution in [0.4, 0.5) is 0 Å². The Morgan fingerprint density at radius 3 is 2.58 bits per heavy atom. The summed E-state index contributed by atoms with van der Waals surface area (Å²) in [6.45, 7) is 4.14. The second kappa shape index (κ2) is 6.97. The number of fused-ring (bicyclic) bond motifs is 1. The minimum atomic E-state index is -0.123. The summed E-state index contributed by atoms with van der Waals surface area (Å²) in [6.07, 6.45) is 2.45. The Kier molecular flexibility index (Phi) is 4.76. The maximum atomic E-state index is 11.0. The minimum Gasteiger partial charge on any atom is -0.396 e. The number of carbonyl (C=O) groups excluding carboxylic acids is 1. The molecule has 3 rings (SSSR count). The van der Waals surface area contributed by atoms with Gasteiger partial charge in [0.15, 0.2) is 0 Å². The fraction of sp³-hybridized carbons (Fsp3) is 0.300. The molecule has 1 heterocycles. The van der Waals surface area contributed by atoms with Gasteiger partial charge < -0.3 is 9.90 Å². The third-order valence-electron chi connectivity index (χ3n) is 4.39. The monoisotopic (exact) mass is 322 g/mol. The van der Waals surface area contributed by atoms with Gasteiger partial charge in [-0.25, -0.2) is 4.98 Å². The van der Waals surface area contributed by atoms with E-state index >= 15 is 0 Å². The lowest BCUT2D eigenvalue weighted by molar-refractivity contribution is -0.108. The molecule has 1 atom stereocenters. The van der Waals surface area contributed by atoms with Crippen molar-refractivity contribution in [3.63, 3.8) is 0 Å². The molecule has 1 N–H and O–H groups in total. The molecule has 24 heavy (non-hydrogen) atoms. The number of hydrogen-bond acceptors (Lipinski definition) is 3. The quantitative estimate of drug-likeness (QED) is 0.707. The molecule has 4 nitrogen and oxygen atoms in total. The summed E-state index contributed by atoms with van der Waals surface area (Å²) in [6, 6.07) is 14.3. The lowest BCUT2D eigenvalue weighted by Crippen LogP contribution is -2.01. The van der Waals surface area contributed by atoms with E-state index in [1.54, 1.807) is 0 Å². The number of aryl methyl sites for hydroxylation is 1. The van der Waals surface area contributed by atoms with Crippen molar-refractivity contribution in [2.75, 3.05) is 6.61 Å². The zero-order chi connectivity index (χ0) is 17.1. The van der Waals surface area contributed by atoms with Gasteiger partial charge in [-0.05, 0) is 41.8 Å². The molecule has 0 saturated carbocycles. The predicted octanol–water partition coefficient (Wildman–Crippen LogP) is 3.43. The van der Waals surface area contributed by atoms with Gasteiger partial charge in [0, 0.05) is 24.6 Å². The number of benzene rings is 2. The number of nitrogens with zero attached hydrogens (tertiary/aromatic N) is 2. The van der Waals surface area contributed by atoms with Crippen LogP contribution in [-0.4, -0.2) is 27.6 Å².